The van der Waals surface area contributed by atoms with Crippen LogP contribution in [0, 0.1) is 0 Å². The van der Waals surface area contributed by atoms with Crippen LogP contribution in [0.5, 0.6) is 0 Å². The molecule has 0 unspecified atom stereocenters. The predicted molar refractivity (Wildman–Crippen MR) is 122 cm³/mol. The highest BCUT2D eigenvalue weighted by Gasteiger charge is 2.33. The number of thioether (sulfide) groups is 2. The number of fused-ring (bicyclic) bond motifs is 2. The Bertz CT molecular complexity index is 669. The molecule has 5 heteroatoms. The highest BCUT2D eigenvalue weighted by atomic mass is 32.2. The Labute approximate surface area is 182 Å². The molecule has 6 rings (SSSR count). The van der Waals surface area contributed by atoms with Gasteiger partial charge >= 0.3 is 0 Å². The molecule has 29 heavy (non-hydrogen) atoms. The lowest BCUT2D eigenvalue weighted by atomic mass is 9.67. The summed E-state index contributed by atoms with van der Waals surface area (Å²) in [5.74, 6) is 3.26. The van der Waals surface area contributed by atoms with Crippen LogP contribution in [-0.2, 0) is 14.2 Å². The molecule has 3 aliphatic heterocycles. The van der Waals surface area contributed by atoms with E-state index in [4.69, 9.17) is 14.2 Å². The second-order valence-electron chi connectivity index (χ2n) is 7.46. The average Bonchev–Trinajstić information content (AvgIpc) is 2.72. The molecule has 0 saturated heterocycles. The van der Waals surface area contributed by atoms with E-state index in [1.165, 1.54) is 33.8 Å². The first-order chi connectivity index (χ1) is 14.4. The summed E-state index contributed by atoms with van der Waals surface area (Å²) < 4.78 is 16.9. The summed E-state index contributed by atoms with van der Waals surface area (Å²) in [6.07, 6.45) is 2.59. The molecule has 2 atom stereocenters. The maximum absolute atomic E-state index is 5.66. The number of hydrogen-bond donors (Lipinski definition) is 0. The van der Waals surface area contributed by atoms with Gasteiger partial charge in [0.2, 0.25) is 0 Å². The summed E-state index contributed by atoms with van der Waals surface area (Å²) >= 11 is 3.72. The van der Waals surface area contributed by atoms with E-state index in [9.17, 15) is 0 Å². The smallest absolute Gasteiger partial charge is 0.0701 e. The molecule has 4 aliphatic rings. The number of hydrogen-bond acceptors (Lipinski definition) is 5. The van der Waals surface area contributed by atoms with Crippen molar-refractivity contribution in [1.29, 1.82) is 0 Å². The molecule has 1 saturated carbocycles. The van der Waals surface area contributed by atoms with Crippen LogP contribution in [0.3, 0.4) is 0 Å². The highest BCUT2D eigenvalue weighted by Crippen LogP contribution is 2.49. The van der Waals surface area contributed by atoms with Gasteiger partial charge in [-0.2, -0.15) is 0 Å². The minimum absolute atomic E-state index is 0.631. The quantitative estimate of drug-likeness (QED) is 0.543. The molecule has 4 bridgehead atoms. The van der Waals surface area contributed by atoms with Gasteiger partial charge in [-0.05, 0) is 60.1 Å². The van der Waals surface area contributed by atoms with E-state index in [2.05, 4.69) is 48.5 Å². The monoisotopic (exact) mass is 430 g/mol. The van der Waals surface area contributed by atoms with Gasteiger partial charge in [-0.1, -0.05) is 24.3 Å². The topological polar surface area (TPSA) is 27.7 Å². The summed E-state index contributed by atoms with van der Waals surface area (Å²) in [6, 6.07) is 18.4. The van der Waals surface area contributed by atoms with Crippen molar-refractivity contribution in [3.63, 3.8) is 0 Å². The Morgan fingerprint density at radius 1 is 0.517 bits per heavy atom. The summed E-state index contributed by atoms with van der Waals surface area (Å²) in [5.41, 5.74) is 2.96. The standard InChI is InChI=1S/C24H30O3S2/c1-5-21-6-2-19(1)23-9-10-24(23)20-3-7-22(8-4-20)29-18-16-27-14-12-25-11-13-26-15-17-28-21/h1-8,23-24H,9-18H2/t23-,24-/m1/s1. The molecule has 3 nitrogen and oxygen atoms in total. The minimum Gasteiger partial charge on any atom is -0.378 e. The normalized spacial score (nSPS) is 24.6. The molecular formula is C24H30O3S2. The maximum atomic E-state index is 5.66. The lowest BCUT2D eigenvalue weighted by Crippen LogP contribution is -2.21. The van der Waals surface area contributed by atoms with Crippen molar-refractivity contribution in [3.05, 3.63) is 59.7 Å². The average molecular weight is 431 g/mol. The highest BCUT2D eigenvalue weighted by molar-refractivity contribution is 7.99. The maximum Gasteiger partial charge on any atom is 0.0701 e. The zero-order valence-corrected chi connectivity index (χ0v) is 18.5. The summed E-state index contributed by atoms with van der Waals surface area (Å²) in [6.45, 7) is 4.06. The van der Waals surface area contributed by atoms with Gasteiger partial charge in [0.25, 0.3) is 0 Å². The third kappa shape index (κ3) is 6.25. The van der Waals surface area contributed by atoms with Crippen LogP contribution in [0.1, 0.15) is 35.8 Å². The third-order valence-corrected chi connectivity index (χ3v) is 7.58. The van der Waals surface area contributed by atoms with Crippen molar-refractivity contribution in [1.82, 2.24) is 0 Å². The zero-order chi connectivity index (χ0) is 19.7. The number of rotatable bonds is 0. The first kappa shape index (κ1) is 21.3. The van der Waals surface area contributed by atoms with E-state index in [0.29, 0.717) is 38.3 Å². The van der Waals surface area contributed by atoms with Crippen molar-refractivity contribution >= 4 is 23.5 Å². The SMILES string of the molecule is c1cc2ccc1SCCOCCOCCOCCSc1ccc(cc1)[C@H]1CC[C@H]21. The van der Waals surface area contributed by atoms with E-state index < -0.39 is 0 Å². The molecule has 0 amide bonds. The first-order valence-corrected chi connectivity index (χ1v) is 12.6. The van der Waals surface area contributed by atoms with Crippen molar-refractivity contribution in [2.75, 3.05) is 51.1 Å². The lowest BCUT2D eigenvalue weighted by molar-refractivity contribution is 0.0205. The Hall–Kier alpha value is -0.980. The Morgan fingerprint density at radius 3 is 1.28 bits per heavy atom. The van der Waals surface area contributed by atoms with E-state index in [-0.39, 0.29) is 0 Å². The minimum atomic E-state index is 0.631. The molecule has 1 aliphatic carbocycles. The van der Waals surface area contributed by atoms with Crippen LogP contribution in [0.4, 0.5) is 0 Å². The van der Waals surface area contributed by atoms with Crippen LogP contribution in [0.15, 0.2) is 58.3 Å². The molecule has 156 valence electrons. The summed E-state index contributed by atoms with van der Waals surface area (Å²) in [4.78, 5) is 2.64. The fourth-order valence-electron chi connectivity index (χ4n) is 3.90. The van der Waals surface area contributed by atoms with Gasteiger partial charge in [0, 0.05) is 21.3 Å². The van der Waals surface area contributed by atoms with Crippen molar-refractivity contribution in [3.8, 4) is 0 Å². The Morgan fingerprint density at radius 2 is 0.897 bits per heavy atom. The molecule has 0 aromatic heterocycles. The summed E-state index contributed by atoms with van der Waals surface area (Å²) in [7, 11) is 0. The van der Waals surface area contributed by atoms with Crippen molar-refractivity contribution in [2.45, 2.75) is 34.5 Å². The van der Waals surface area contributed by atoms with Crippen LogP contribution < -0.4 is 0 Å². The van der Waals surface area contributed by atoms with Gasteiger partial charge in [-0.15, -0.1) is 23.5 Å². The van der Waals surface area contributed by atoms with E-state index in [1.54, 1.807) is 0 Å². The van der Waals surface area contributed by atoms with Crippen LogP contribution in [0.25, 0.3) is 0 Å². The van der Waals surface area contributed by atoms with Crippen molar-refractivity contribution in [2.24, 2.45) is 0 Å². The zero-order valence-electron chi connectivity index (χ0n) is 16.9. The molecule has 2 aromatic rings. The van der Waals surface area contributed by atoms with Crippen LogP contribution in [-0.4, -0.2) is 51.1 Å². The third-order valence-electron chi connectivity index (χ3n) is 5.63. The number of benzene rings is 2. The van der Waals surface area contributed by atoms with Crippen LogP contribution >= 0.6 is 23.5 Å². The fraction of sp³-hybridized carbons (Fsp3) is 0.500. The Kier molecular flexibility index (Phi) is 8.37. The van der Waals surface area contributed by atoms with Gasteiger partial charge < -0.3 is 14.2 Å². The largest absolute Gasteiger partial charge is 0.378 e. The molecule has 0 spiro atoms. The summed E-state index contributed by atoms with van der Waals surface area (Å²) in [5, 5.41) is 0. The van der Waals surface area contributed by atoms with Gasteiger partial charge in [0.1, 0.15) is 0 Å². The number of ether oxygens (including phenoxy) is 3. The predicted octanol–water partition coefficient (Wildman–Crippen LogP) is 5.60. The van der Waals surface area contributed by atoms with Gasteiger partial charge in [-0.3, -0.25) is 0 Å². The van der Waals surface area contributed by atoms with E-state index >= 15 is 0 Å². The second kappa shape index (κ2) is 11.4. The van der Waals surface area contributed by atoms with E-state index in [1.807, 2.05) is 23.5 Å². The molecular weight excluding hydrogens is 400 g/mol. The molecule has 3 heterocycles. The van der Waals surface area contributed by atoms with E-state index in [0.717, 1.165) is 24.7 Å². The second-order valence-corrected chi connectivity index (χ2v) is 9.80. The van der Waals surface area contributed by atoms with Gasteiger partial charge in [0.05, 0.1) is 39.6 Å². The van der Waals surface area contributed by atoms with Gasteiger partial charge in [0.15, 0.2) is 0 Å². The van der Waals surface area contributed by atoms with Gasteiger partial charge in [-0.25, -0.2) is 0 Å². The molecule has 1 fully saturated rings. The molecule has 2 aromatic carbocycles. The molecule has 0 radical (unpaired) electrons. The fourth-order valence-corrected chi connectivity index (χ4v) is 5.43. The van der Waals surface area contributed by atoms with Crippen molar-refractivity contribution < 1.29 is 14.2 Å². The molecule has 0 N–H and O–H groups in total. The van der Waals surface area contributed by atoms with Crippen LogP contribution in [0.2, 0.25) is 0 Å². The Balaban J connectivity index is 1.39. The first-order valence-electron chi connectivity index (χ1n) is 10.6. The lowest BCUT2D eigenvalue weighted by Gasteiger charge is -2.37.